The normalized spacial score (nSPS) is 9.94. The van der Waals surface area contributed by atoms with Gasteiger partial charge in [-0.15, -0.1) is 0 Å². The average Bonchev–Trinajstić information content (AvgIpc) is 2.81. The number of anilines is 1. The zero-order valence-corrected chi connectivity index (χ0v) is 10.9. The van der Waals surface area contributed by atoms with Gasteiger partial charge >= 0.3 is 0 Å². The Kier molecular flexibility index (Phi) is 3.68. The highest BCUT2D eigenvalue weighted by Crippen LogP contribution is 2.23. The number of nitriles is 1. The smallest absolute Gasteiger partial charge is 0.101 e. The van der Waals surface area contributed by atoms with E-state index in [-0.39, 0.29) is 0 Å². The van der Waals surface area contributed by atoms with E-state index < -0.39 is 0 Å². The van der Waals surface area contributed by atoms with Gasteiger partial charge in [0.15, 0.2) is 0 Å². The molecule has 0 saturated carbocycles. The van der Waals surface area contributed by atoms with Crippen LogP contribution < -0.4 is 4.90 Å². The summed E-state index contributed by atoms with van der Waals surface area (Å²) in [6.07, 6.45) is 0. The van der Waals surface area contributed by atoms with Crippen molar-refractivity contribution in [3.05, 3.63) is 51.2 Å². The van der Waals surface area contributed by atoms with Crippen LogP contribution in [0.15, 0.2) is 35.0 Å². The van der Waals surface area contributed by atoms with Crippen molar-refractivity contribution >= 4 is 28.6 Å². The number of halogens is 1. The van der Waals surface area contributed by atoms with Crippen LogP contribution in [0.3, 0.4) is 0 Å². The van der Waals surface area contributed by atoms with E-state index in [4.69, 9.17) is 16.9 Å². The van der Waals surface area contributed by atoms with Crippen LogP contribution in [0.5, 0.6) is 0 Å². The van der Waals surface area contributed by atoms with E-state index in [1.807, 2.05) is 19.2 Å². The number of hydrogen-bond acceptors (Lipinski definition) is 3. The lowest BCUT2D eigenvalue weighted by molar-refractivity contribution is 0.927. The maximum absolute atomic E-state index is 8.81. The highest BCUT2D eigenvalue weighted by molar-refractivity contribution is 7.07. The van der Waals surface area contributed by atoms with Gasteiger partial charge in [0.05, 0.1) is 10.6 Å². The molecule has 0 spiro atoms. The number of benzene rings is 1. The molecule has 86 valence electrons. The Hall–Kier alpha value is -1.50. The summed E-state index contributed by atoms with van der Waals surface area (Å²) in [7, 11) is 2.01. The van der Waals surface area contributed by atoms with Crippen molar-refractivity contribution in [1.29, 1.82) is 5.26 Å². The first-order valence-electron chi connectivity index (χ1n) is 5.12. The van der Waals surface area contributed by atoms with Crippen molar-refractivity contribution in [2.24, 2.45) is 0 Å². The van der Waals surface area contributed by atoms with Gasteiger partial charge in [0.2, 0.25) is 0 Å². The van der Waals surface area contributed by atoms with E-state index >= 15 is 0 Å². The number of thiophene rings is 1. The molecule has 0 aliphatic heterocycles. The van der Waals surface area contributed by atoms with Crippen molar-refractivity contribution in [2.45, 2.75) is 6.54 Å². The van der Waals surface area contributed by atoms with E-state index in [1.165, 1.54) is 5.56 Å². The van der Waals surface area contributed by atoms with Crippen molar-refractivity contribution < 1.29 is 0 Å². The topological polar surface area (TPSA) is 27.0 Å². The summed E-state index contributed by atoms with van der Waals surface area (Å²) in [5, 5.41) is 13.5. The second-order valence-corrected chi connectivity index (χ2v) is 4.95. The second kappa shape index (κ2) is 5.22. The molecule has 0 radical (unpaired) electrons. The Morgan fingerprint density at radius 3 is 2.82 bits per heavy atom. The van der Waals surface area contributed by atoms with Crippen LogP contribution in [0.1, 0.15) is 11.1 Å². The Balaban J connectivity index is 2.17. The Bertz CT molecular complexity index is 543. The van der Waals surface area contributed by atoms with E-state index in [2.05, 4.69) is 27.8 Å². The van der Waals surface area contributed by atoms with Crippen molar-refractivity contribution in [3.8, 4) is 6.07 Å². The predicted molar refractivity (Wildman–Crippen MR) is 72.6 cm³/mol. The lowest BCUT2D eigenvalue weighted by atomic mass is 10.2. The molecule has 17 heavy (non-hydrogen) atoms. The molecule has 2 aromatic rings. The zero-order valence-electron chi connectivity index (χ0n) is 9.35. The third kappa shape index (κ3) is 2.79. The molecule has 0 unspecified atom stereocenters. The molecular formula is C13H11ClN2S. The van der Waals surface area contributed by atoms with Crippen LogP contribution in [0.25, 0.3) is 0 Å². The van der Waals surface area contributed by atoms with Gasteiger partial charge in [0.25, 0.3) is 0 Å². The summed E-state index contributed by atoms with van der Waals surface area (Å²) < 4.78 is 0. The summed E-state index contributed by atoms with van der Waals surface area (Å²) >= 11 is 7.70. The summed E-state index contributed by atoms with van der Waals surface area (Å²) in [5.41, 5.74) is 2.80. The zero-order chi connectivity index (χ0) is 12.3. The second-order valence-electron chi connectivity index (χ2n) is 3.76. The Morgan fingerprint density at radius 1 is 1.41 bits per heavy atom. The van der Waals surface area contributed by atoms with Crippen LogP contribution in [-0.2, 0) is 6.54 Å². The minimum absolute atomic E-state index is 0.502. The monoisotopic (exact) mass is 262 g/mol. The summed E-state index contributed by atoms with van der Waals surface area (Å²) in [5.74, 6) is 0. The molecule has 1 aromatic carbocycles. The highest BCUT2D eigenvalue weighted by atomic mass is 35.5. The van der Waals surface area contributed by atoms with Gasteiger partial charge in [-0.25, -0.2) is 0 Å². The number of nitrogens with zero attached hydrogens (tertiary/aromatic N) is 2. The molecule has 1 heterocycles. The van der Waals surface area contributed by atoms with Crippen LogP contribution in [0.2, 0.25) is 5.02 Å². The van der Waals surface area contributed by atoms with E-state index in [0.29, 0.717) is 10.6 Å². The molecule has 0 aliphatic rings. The fourth-order valence-electron chi connectivity index (χ4n) is 1.58. The lowest BCUT2D eigenvalue weighted by Crippen LogP contribution is -2.15. The fraction of sp³-hybridized carbons (Fsp3) is 0.154. The first-order chi connectivity index (χ1) is 8.20. The largest absolute Gasteiger partial charge is 0.370 e. The fourth-order valence-corrected chi connectivity index (χ4v) is 2.46. The van der Waals surface area contributed by atoms with Crippen molar-refractivity contribution in [1.82, 2.24) is 0 Å². The van der Waals surface area contributed by atoms with Gasteiger partial charge in [-0.1, -0.05) is 11.6 Å². The summed E-state index contributed by atoms with van der Waals surface area (Å²) in [6, 6.07) is 9.65. The minimum atomic E-state index is 0.502. The van der Waals surface area contributed by atoms with Gasteiger partial charge in [-0.3, -0.25) is 0 Å². The van der Waals surface area contributed by atoms with Crippen LogP contribution in [-0.4, -0.2) is 7.05 Å². The standard InChI is InChI=1S/C13H11ClN2S/c1-16(8-10-4-5-17-9-10)12-3-2-11(7-15)13(14)6-12/h2-6,9H,8H2,1H3. The molecule has 2 nitrogen and oxygen atoms in total. The van der Waals surface area contributed by atoms with Gasteiger partial charge in [-0.05, 0) is 40.6 Å². The Labute approximate surface area is 110 Å². The molecule has 0 saturated heterocycles. The lowest BCUT2D eigenvalue weighted by Gasteiger charge is -2.19. The minimum Gasteiger partial charge on any atom is -0.370 e. The number of rotatable bonds is 3. The van der Waals surface area contributed by atoms with Crippen LogP contribution >= 0.6 is 22.9 Å². The molecule has 1 aromatic heterocycles. The van der Waals surface area contributed by atoms with E-state index in [1.54, 1.807) is 17.4 Å². The Morgan fingerprint density at radius 2 is 2.24 bits per heavy atom. The van der Waals surface area contributed by atoms with Crippen molar-refractivity contribution in [3.63, 3.8) is 0 Å². The molecule has 0 atom stereocenters. The summed E-state index contributed by atoms with van der Waals surface area (Å²) in [6.45, 7) is 0.839. The third-order valence-corrected chi connectivity index (χ3v) is 3.56. The van der Waals surface area contributed by atoms with Gasteiger partial charge in [0, 0.05) is 19.3 Å². The molecular weight excluding hydrogens is 252 g/mol. The SMILES string of the molecule is CN(Cc1ccsc1)c1ccc(C#N)c(Cl)c1. The maximum atomic E-state index is 8.81. The van der Waals surface area contributed by atoms with Crippen LogP contribution in [0, 0.1) is 11.3 Å². The molecule has 0 fully saturated rings. The molecule has 0 aliphatic carbocycles. The third-order valence-electron chi connectivity index (χ3n) is 2.51. The first kappa shape index (κ1) is 12.0. The van der Waals surface area contributed by atoms with E-state index in [0.717, 1.165) is 12.2 Å². The molecule has 0 amide bonds. The quantitative estimate of drug-likeness (QED) is 0.839. The van der Waals surface area contributed by atoms with Crippen molar-refractivity contribution in [2.75, 3.05) is 11.9 Å². The highest BCUT2D eigenvalue weighted by Gasteiger charge is 2.06. The maximum Gasteiger partial charge on any atom is 0.101 e. The average molecular weight is 263 g/mol. The van der Waals surface area contributed by atoms with Gasteiger partial charge in [-0.2, -0.15) is 16.6 Å². The van der Waals surface area contributed by atoms with E-state index in [9.17, 15) is 0 Å². The molecule has 2 rings (SSSR count). The van der Waals surface area contributed by atoms with Crippen LogP contribution in [0.4, 0.5) is 5.69 Å². The summed E-state index contributed by atoms with van der Waals surface area (Å²) in [4.78, 5) is 2.11. The first-order valence-corrected chi connectivity index (χ1v) is 6.44. The molecule has 0 bridgehead atoms. The van der Waals surface area contributed by atoms with Gasteiger partial charge < -0.3 is 4.90 Å². The predicted octanol–water partition coefficient (Wildman–Crippen LogP) is 3.91. The van der Waals surface area contributed by atoms with Gasteiger partial charge in [0.1, 0.15) is 6.07 Å². The molecule has 0 N–H and O–H groups in total. The number of hydrogen-bond donors (Lipinski definition) is 0. The molecule has 4 heteroatoms.